The van der Waals surface area contributed by atoms with E-state index in [-0.39, 0.29) is 19.6 Å². The van der Waals surface area contributed by atoms with E-state index < -0.39 is 27.4 Å². The topological polar surface area (TPSA) is 86.8 Å². The second kappa shape index (κ2) is 8.61. The normalized spacial score (nSPS) is 20.0. The maximum absolute atomic E-state index is 13.4. The summed E-state index contributed by atoms with van der Waals surface area (Å²) in [4.78, 5) is 28.0. The van der Waals surface area contributed by atoms with E-state index in [2.05, 4.69) is 5.32 Å². The first-order valence-electron chi connectivity index (χ1n) is 9.80. The second-order valence-electron chi connectivity index (χ2n) is 8.06. The Kier molecular flexibility index (Phi) is 6.45. The molecule has 1 aliphatic heterocycles. The third-order valence-electron chi connectivity index (χ3n) is 5.68. The summed E-state index contributed by atoms with van der Waals surface area (Å²) in [5.41, 5.74) is 1.84. The Labute approximate surface area is 188 Å². The van der Waals surface area contributed by atoms with Crippen molar-refractivity contribution in [2.75, 3.05) is 24.2 Å². The first-order chi connectivity index (χ1) is 14.4. The fraction of sp³-hybridized carbons (Fsp3) is 0.364. The highest BCUT2D eigenvalue weighted by molar-refractivity contribution is 7.88. The Morgan fingerprint density at radius 3 is 2.42 bits per heavy atom. The number of sulfonamides is 1. The van der Waals surface area contributed by atoms with Gasteiger partial charge < -0.3 is 5.32 Å². The van der Waals surface area contributed by atoms with Crippen LogP contribution in [0.1, 0.15) is 23.6 Å². The summed E-state index contributed by atoms with van der Waals surface area (Å²) >= 11 is 5.91. The molecular weight excluding hydrogens is 438 g/mol. The molecule has 7 nitrogen and oxygen atoms in total. The lowest BCUT2D eigenvalue weighted by Crippen LogP contribution is -2.70. The van der Waals surface area contributed by atoms with Crippen LogP contribution in [-0.2, 0) is 26.2 Å². The zero-order chi connectivity index (χ0) is 23.0. The van der Waals surface area contributed by atoms with Crippen LogP contribution in [0.2, 0.25) is 5.02 Å². The average Bonchev–Trinajstić information content (AvgIpc) is 2.69. The van der Waals surface area contributed by atoms with Gasteiger partial charge >= 0.3 is 0 Å². The molecule has 31 heavy (non-hydrogen) atoms. The molecule has 1 fully saturated rings. The molecule has 1 heterocycles. The number of amides is 2. The number of nitrogens with zero attached hydrogens (tertiary/aromatic N) is 2. The number of halogens is 1. The molecular formula is C22H26ClN3O4S. The molecule has 0 aliphatic carbocycles. The Morgan fingerprint density at radius 2 is 1.81 bits per heavy atom. The summed E-state index contributed by atoms with van der Waals surface area (Å²) in [5.74, 6) is -0.889. The molecule has 3 rings (SSSR count). The molecule has 1 aliphatic rings. The van der Waals surface area contributed by atoms with Crippen molar-refractivity contribution >= 4 is 39.1 Å². The number of rotatable bonds is 5. The number of carbonyl (C=O) groups is 2. The molecule has 2 amide bonds. The minimum atomic E-state index is -3.67. The van der Waals surface area contributed by atoms with Crippen molar-refractivity contribution in [2.24, 2.45) is 0 Å². The molecule has 0 saturated carbocycles. The standard InChI is InChI=1S/C22H26ClN3O4S/c1-15-6-5-7-19(16(15)2)26-20(27)13-25(31(4,29)30)14-22(26,3)21(28)24-12-17-8-10-18(23)11-9-17/h5-11H,12-14H2,1-4H3,(H,24,28)/t22-/m1/s1. The molecule has 9 heteroatoms. The molecule has 0 unspecified atom stereocenters. The SMILES string of the molecule is Cc1cccc(N2C(=O)CN(S(C)(=O)=O)C[C@]2(C)C(=O)NCc2ccc(Cl)cc2)c1C. The first-order valence-corrected chi connectivity index (χ1v) is 12.0. The molecule has 166 valence electrons. The summed E-state index contributed by atoms with van der Waals surface area (Å²) < 4.78 is 25.5. The van der Waals surface area contributed by atoms with Gasteiger partial charge in [0.1, 0.15) is 5.54 Å². The van der Waals surface area contributed by atoms with Crippen LogP contribution in [0.3, 0.4) is 0 Å². The number of hydrogen-bond acceptors (Lipinski definition) is 4. The van der Waals surface area contributed by atoms with Crippen LogP contribution in [0, 0.1) is 13.8 Å². The summed E-state index contributed by atoms with van der Waals surface area (Å²) in [6, 6.07) is 12.6. The fourth-order valence-electron chi connectivity index (χ4n) is 3.73. The molecule has 1 atom stereocenters. The lowest BCUT2D eigenvalue weighted by Gasteiger charge is -2.47. The van der Waals surface area contributed by atoms with Crippen LogP contribution < -0.4 is 10.2 Å². The Bertz CT molecular complexity index is 1120. The maximum atomic E-state index is 13.4. The van der Waals surface area contributed by atoms with Gasteiger partial charge in [-0.15, -0.1) is 0 Å². The van der Waals surface area contributed by atoms with E-state index in [1.54, 1.807) is 37.3 Å². The highest BCUT2D eigenvalue weighted by atomic mass is 35.5. The molecule has 2 aromatic carbocycles. The number of benzene rings is 2. The average molecular weight is 464 g/mol. The van der Waals surface area contributed by atoms with Gasteiger partial charge in [0.05, 0.1) is 12.8 Å². The van der Waals surface area contributed by atoms with Crippen molar-refractivity contribution in [3.05, 3.63) is 64.2 Å². The number of anilines is 1. The summed E-state index contributed by atoms with van der Waals surface area (Å²) in [5, 5.41) is 3.45. The Balaban J connectivity index is 1.99. The van der Waals surface area contributed by atoms with Crippen LogP contribution >= 0.6 is 11.6 Å². The van der Waals surface area contributed by atoms with Crippen molar-refractivity contribution in [1.82, 2.24) is 9.62 Å². The van der Waals surface area contributed by atoms with Crippen LogP contribution in [0.5, 0.6) is 0 Å². The van der Waals surface area contributed by atoms with Gasteiger partial charge in [-0.3, -0.25) is 14.5 Å². The number of hydrogen-bond donors (Lipinski definition) is 1. The predicted molar refractivity (Wildman–Crippen MR) is 122 cm³/mol. The van der Waals surface area contributed by atoms with E-state index in [0.29, 0.717) is 10.7 Å². The quantitative estimate of drug-likeness (QED) is 0.738. The summed E-state index contributed by atoms with van der Waals surface area (Å²) in [6.45, 7) is 5.17. The van der Waals surface area contributed by atoms with Gasteiger partial charge in [-0.05, 0) is 55.7 Å². The van der Waals surface area contributed by atoms with Crippen LogP contribution in [0.25, 0.3) is 0 Å². The van der Waals surface area contributed by atoms with Gasteiger partial charge in [-0.2, -0.15) is 4.31 Å². The largest absolute Gasteiger partial charge is 0.350 e. The zero-order valence-corrected chi connectivity index (χ0v) is 19.5. The van der Waals surface area contributed by atoms with Gasteiger partial charge in [-0.25, -0.2) is 8.42 Å². The van der Waals surface area contributed by atoms with E-state index in [1.165, 1.54) is 4.90 Å². The van der Waals surface area contributed by atoms with E-state index in [0.717, 1.165) is 27.3 Å². The summed E-state index contributed by atoms with van der Waals surface area (Å²) in [6.07, 6.45) is 1.04. The van der Waals surface area contributed by atoms with Gasteiger partial charge in [0.25, 0.3) is 0 Å². The highest BCUT2D eigenvalue weighted by Gasteiger charge is 2.50. The predicted octanol–water partition coefficient (Wildman–Crippen LogP) is 2.64. The molecule has 1 saturated heterocycles. The molecule has 0 radical (unpaired) electrons. The lowest BCUT2D eigenvalue weighted by atomic mass is 9.93. The van der Waals surface area contributed by atoms with E-state index >= 15 is 0 Å². The monoisotopic (exact) mass is 463 g/mol. The number of carbonyl (C=O) groups excluding carboxylic acids is 2. The summed E-state index contributed by atoms with van der Waals surface area (Å²) in [7, 11) is -3.67. The second-order valence-corrected chi connectivity index (χ2v) is 10.5. The van der Waals surface area contributed by atoms with Crippen molar-refractivity contribution in [3.63, 3.8) is 0 Å². The third kappa shape index (κ3) is 4.76. The van der Waals surface area contributed by atoms with Gasteiger partial charge in [0.15, 0.2) is 0 Å². The Morgan fingerprint density at radius 1 is 1.16 bits per heavy atom. The zero-order valence-electron chi connectivity index (χ0n) is 18.0. The van der Waals surface area contributed by atoms with E-state index in [4.69, 9.17) is 11.6 Å². The number of aryl methyl sites for hydroxylation is 1. The fourth-order valence-corrected chi connectivity index (χ4v) is 4.68. The Hall–Kier alpha value is -2.42. The van der Waals surface area contributed by atoms with Crippen molar-refractivity contribution in [2.45, 2.75) is 32.9 Å². The molecule has 0 aromatic heterocycles. The lowest BCUT2D eigenvalue weighted by molar-refractivity contribution is -0.133. The molecule has 2 aromatic rings. The van der Waals surface area contributed by atoms with Crippen molar-refractivity contribution in [3.8, 4) is 0 Å². The third-order valence-corrected chi connectivity index (χ3v) is 7.13. The molecule has 1 N–H and O–H groups in total. The van der Waals surface area contributed by atoms with Crippen LogP contribution in [0.15, 0.2) is 42.5 Å². The minimum Gasteiger partial charge on any atom is -0.350 e. The first kappa shape index (κ1) is 23.2. The molecule has 0 spiro atoms. The minimum absolute atomic E-state index is 0.141. The van der Waals surface area contributed by atoms with Gasteiger partial charge in [0.2, 0.25) is 21.8 Å². The maximum Gasteiger partial charge on any atom is 0.247 e. The number of nitrogens with one attached hydrogen (secondary N) is 1. The molecule has 0 bridgehead atoms. The van der Waals surface area contributed by atoms with Crippen molar-refractivity contribution in [1.29, 1.82) is 0 Å². The smallest absolute Gasteiger partial charge is 0.247 e. The highest BCUT2D eigenvalue weighted by Crippen LogP contribution is 2.33. The van der Waals surface area contributed by atoms with Crippen molar-refractivity contribution < 1.29 is 18.0 Å². The van der Waals surface area contributed by atoms with Crippen LogP contribution in [-0.4, -0.2) is 49.4 Å². The number of piperazine rings is 1. The van der Waals surface area contributed by atoms with Crippen LogP contribution in [0.4, 0.5) is 5.69 Å². The van der Waals surface area contributed by atoms with E-state index in [1.807, 2.05) is 26.0 Å². The van der Waals surface area contributed by atoms with Gasteiger partial charge in [0, 0.05) is 23.8 Å². The van der Waals surface area contributed by atoms with E-state index in [9.17, 15) is 18.0 Å². The van der Waals surface area contributed by atoms with Gasteiger partial charge in [-0.1, -0.05) is 35.9 Å².